The van der Waals surface area contributed by atoms with Crippen LogP contribution in [0.25, 0.3) is 0 Å². The van der Waals surface area contributed by atoms with Gasteiger partial charge >= 0.3 is 0 Å². The highest BCUT2D eigenvalue weighted by molar-refractivity contribution is 14.0. The molecule has 0 aliphatic heterocycles. The Hall–Kier alpha value is -1.42. The summed E-state index contributed by atoms with van der Waals surface area (Å²) in [7, 11) is 3.50. The molecule has 2 N–H and O–H groups in total. The number of nitrogens with zero attached hydrogens (tertiary/aromatic N) is 2. The second-order valence-electron chi connectivity index (χ2n) is 6.65. The maximum atomic E-state index is 10.7. The van der Waals surface area contributed by atoms with Gasteiger partial charge in [-0.1, -0.05) is 25.0 Å². The van der Waals surface area contributed by atoms with E-state index in [9.17, 15) is 10.1 Å². The molecule has 7 nitrogen and oxygen atoms in total. The minimum atomic E-state index is -0.390. The van der Waals surface area contributed by atoms with E-state index in [2.05, 4.69) is 15.6 Å². The molecule has 0 bridgehead atoms. The maximum absolute atomic E-state index is 10.7. The van der Waals surface area contributed by atoms with Gasteiger partial charge in [0.2, 0.25) is 0 Å². The molecule has 0 atom stereocenters. The number of ether oxygens (including phenoxy) is 1. The second kappa shape index (κ2) is 11.3. The molecular formula is C18H29IN4O3. The number of hydrogen-bond donors (Lipinski definition) is 2. The predicted octanol–water partition coefficient (Wildman–Crippen LogP) is 3.47. The smallest absolute Gasteiger partial charge is 0.269 e. The minimum Gasteiger partial charge on any atom is -0.385 e. The Labute approximate surface area is 172 Å². The Kier molecular flexibility index (Phi) is 9.85. The molecule has 0 unspecified atom stereocenters. The molecule has 1 aromatic carbocycles. The molecule has 0 amide bonds. The number of guanidine groups is 1. The lowest BCUT2D eigenvalue weighted by molar-refractivity contribution is -0.384. The molecule has 1 aliphatic rings. The van der Waals surface area contributed by atoms with E-state index in [1.54, 1.807) is 26.3 Å². The zero-order valence-corrected chi connectivity index (χ0v) is 17.8. The SMILES string of the molecule is CN=C(NCc1ccc([N+](=O)[O-])cc1)NCC1(CCOC)CCCC1.I. The highest BCUT2D eigenvalue weighted by Gasteiger charge is 2.33. The van der Waals surface area contributed by atoms with Crippen LogP contribution in [0.15, 0.2) is 29.3 Å². The summed E-state index contributed by atoms with van der Waals surface area (Å²) < 4.78 is 5.27. The van der Waals surface area contributed by atoms with Crippen molar-refractivity contribution in [2.24, 2.45) is 10.4 Å². The summed E-state index contributed by atoms with van der Waals surface area (Å²) in [4.78, 5) is 14.6. The zero-order chi connectivity index (χ0) is 18.1. The number of non-ortho nitro benzene ring substituents is 1. The van der Waals surface area contributed by atoms with Gasteiger partial charge in [-0.25, -0.2) is 0 Å². The molecule has 2 rings (SSSR count). The van der Waals surface area contributed by atoms with Gasteiger partial charge in [0.25, 0.3) is 5.69 Å². The summed E-state index contributed by atoms with van der Waals surface area (Å²) in [5.41, 5.74) is 1.37. The molecule has 8 heteroatoms. The zero-order valence-electron chi connectivity index (χ0n) is 15.5. The van der Waals surface area contributed by atoms with Crippen molar-refractivity contribution < 1.29 is 9.66 Å². The van der Waals surface area contributed by atoms with Crippen LogP contribution in [0.1, 0.15) is 37.7 Å². The Morgan fingerprint density at radius 1 is 1.27 bits per heavy atom. The van der Waals surface area contributed by atoms with Crippen LogP contribution in [0.4, 0.5) is 5.69 Å². The van der Waals surface area contributed by atoms with Crippen molar-refractivity contribution >= 4 is 35.6 Å². The third-order valence-electron chi connectivity index (χ3n) is 4.96. The number of methoxy groups -OCH3 is 1. The molecule has 1 saturated carbocycles. The lowest BCUT2D eigenvalue weighted by atomic mass is 9.83. The van der Waals surface area contributed by atoms with E-state index in [1.165, 1.54) is 37.8 Å². The lowest BCUT2D eigenvalue weighted by Gasteiger charge is -2.30. The Balaban J connectivity index is 0.00000338. The van der Waals surface area contributed by atoms with Crippen molar-refractivity contribution in [3.05, 3.63) is 39.9 Å². The van der Waals surface area contributed by atoms with Crippen molar-refractivity contribution in [1.82, 2.24) is 10.6 Å². The molecule has 1 aliphatic carbocycles. The van der Waals surface area contributed by atoms with Gasteiger partial charge in [0, 0.05) is 46.0 Å². The number of nitrogens with one attached hydrogen (secondary N) is 2. The fourth-order valence-corrected chi connectivity index (χ4v) is 3.37. The third-order valence-corrected chi connectivity index (χ3v) is 4.96. The molecule has 146 valence electrons. The Bertz CT molecular complexity index is 587. The molecule has 0 saturated heterocycles. The summed E-state index contributed by atoms with van der Waals surface area (Å²) in [5, 5.41) is 17.4. The maximum Gasteiger partial charge on any atom is 0.269 e. The average Bonchev–Trinajstić information content (AvgIpc) is 3.09. The van der Waals surface area contributed by atoms with Gasteiger partial charge in [0.15, 0.2) is 5.96 Å². The first kappa shape index (κ1) is 22.6. The van der Waals surface area contributed by atoms with E-state index >= 15 is 0 Å². The highest BCUT2D eigenvalue weighted by atomic mass is 127. The number of nitro groups is 1. The number of aliphatic imine (C=N–C) groups is 1. The van der Waals surface area contributed by atoms with Crippen LogP contribution in [0.2, 0.25) is 0 Å². The number of hydrogen-bond acceptors (Lipinski definition) is 4. The van der Waals surface area contributed by atoms with Crippen LogP contribution in [0.5, 0.6) is 0 Å². The Morgan fingerprint density at radius 2 is 1.92 bits per heavy atom. The fraction of sp³-hybridized carbons (Fsp3) is 0.611. The topological polar surface area (TPSA) is 88.8 Å². The monoisotopic (exact) mass is 476 g/mol. The lowest BCUT2D eigenvalue weighted by Crippen LogP contribution is -2.43. The Morgan fingerprint density at radius 3 is 2.46 bits per heavy atom. The van der Waals surface area contributed by atoms with E-state index in [0.717, 1.165) is 31.1 Å². The molecule has 1 aromatic rings. The fourth-order valence-electron chi connectivity index (χ4n) is 3.37. The van der Waals surface area contributed by atoms with Crippen LogP contribution in [0, 0.1) is 15.5 Å². The van der Waals surface area contributed by atoms with E-state index in [4.69, 9.17) is 4.74 Å². The molecule has 0 aromatic heterocycles. The normalized spacial score (nSPS) is 16.0. The first-order valence-corrected chi connectivity index (χ1v) is 8.75. The number of halogens is 1. The average molecular weight is 476 g/mol. The first-order chi connectivity index (χ1) is 12.1. The third kappa shape index (κ3) is 6.71. The van der Waals surface area contributed by atoms with Gasteiger partial charge < -0.3 is 15.4 Å². The van der Waals surface area contributed by atoms with Crippen LogP contribution >= 0.6 is 24.0 Å². The summed E-state index contributed by atoms with van der Waals surface area (Å²) in [5.74, 6) is 0.752. The first-order valence-electron chi connectivity index (χ1n) is 8.75. The molecule has 0 radical (unpaired) electrons. The van der Waals surface area contributed by atoms with Gasteiger partial charge in [-0.2, -0.15) is 0 Å². The van der Waals surface area contributed by atoms with Gasteiger partial charge in [-0.05, 0) is 30.2 Å². The van der Waals surface area contributed by atoms with E-state index in [0.29, 0.717) is 12.0 Å². The van der Waals surface area contributed by atoms with Crippen LogP contribution in [0.3, 0.4) is 0 Å². The van der Waals surface area contributed by atoms with Crippen LogP contribution in [-0.4, -0.2) is 38.2 Å². The summed E-state index contributed by atoms with van der Waals surface area (Å²) >= 11 is 0. The highest BCUT2D eigenvalue weighted by Crippen LogP contribution is 2.40. The number of benzene rings is 1. The number of nitro benzene ring substituents is 1. The molecule has 0 spiro atoms. The van der Waals surface area contributed by atoms with Gasteiger partial charge in [0.1, 0.15) is 0 Å². The second-order valence-corrected chi connectivity index (χ2v) is 6.65. The standard InChI is InChI=1S/C18H28N4O3.HI/c1-19-17(20-13-15-5-7-16(8-6-15)22(23)24)21-14-18(11-12-25-2)9-3-4-10-18;/h5-8H,3-4,9-14H2,1-2H3,(H2,19,20,21);1H. The van der Waals surface area contributed by atoms with Crippen LogP contribution < -0.4 is 10.6 Å². The molecular weight excluding hydrogens is 447 g/mol. The largest absolute Gasteiger partial charge is 0.385 e. The quantitative estimate of drug-likeness (QED) is 0.197. The summed E-state index contributed by atoms with van der Waals surface area (Å²) in [6.07, 6.45) is 6.07. The van der Waals surface area contributed by atoms with Crippen molar-refractivity contribution in [1.29, 1.82) is 0 Å². The summed E-state index contributed by atoms with van der Waals surface area (Å²) in [6, 6.07) is 6.56. The van der Waals surface area contributed by atoms with Gasteiger partial charge in [0.05, 0.1) is 4.92 Å². The number of rotatable bonds is 8. The van der Waals surface area contributed by atoms with Gasteiger partial charge in [-0.15, -0.1) is 24.0 Å². The van der Waals surface area contributed by atoms with E-state index in [-0.39, 0.29) is 29.7 Å². The minimum absolute atomic E-state index is 0. The van der Waals surface area contributed by atoms with E-state index in [1.807, 2.05) is 0 Å². The van der Waals surface area contributed by atoms with Crippen molar-refractivity contribution in [2.75, 3.05) is 27.3 Å². The molecule has 1 fully saturated rings. The summed E-state index contributed by atoms with van der Waals surface area (Å²) in [6.45, 7) is 2.25. The van der Waals surface area contributed by atoms with Crippen LogP contribution in [-0.2, 0) is 11.3 Å². The van der Waals surface area contributed by atoms with Crippen molar-refractivity contribution in [3.63, 3.8) is 0 Å². The van der Waals surface area contributed by atoms with Crippen molar-refractivity contribution in [2.45, 2.75) is 38.6 Å². The van der Waals surface area contributed by atoms with Gasteiger partial charge in [-0.3, -0.25) is 15.1 Å². The predicted molar refractivity (Wildman–Crippen MR) is 114 cm³/mol. The van der Waals surface area contributed by atoms with Crippen molar-refractivity contribution in [3.8, 4) is 0 Å². The molecule has 26 heavy (non-hydrogen) atoms. The molecule has 0 heterocycles. The van der Waals surface area contributed by atoms with E-state index < -0.39 is 4.92 Å².